The number of ether oxygens (including phenoxy) is 1. The van der Waals surface area contributed by atoms with Gasteiger partial charge >= 0.3 is 0 Å². The predicted octanol–water partition coefficient (Wildman–Crippen LogP) is 2.62. The number of rotatable bonds is 6. The highest BCUT2D eigenvalue weighted by molar-refractivity contribution is 8.00. The largest absolute Gasteiger partial charge is 0.497 e. The maximum atomic E-state index is 12.3. The molecule has 0 amide bonds. The van der Waals surface area contributed by atoms with E-state index in [2.05, 4.69) is 18.0 Å². The minimum absolute atomic E-state index is 0.0685. The summed E-state index contributed by atoms with van der Waals surface area (Å²) < 4.78 is 5.15. The second-order valence-electron chi connectivity index (χ2n) is 4.84. The zero-order valence-corrected chi connectivity index (χ0v) is 12.9. The van der Waals surface area contributed by atoms with Crippen molar-refractivity contribution in [2.24, 2.45) is 0 Å². The number of carbonyl (C=O) groups excluding carboxylic acids is 1. The maximum Gasteiger partial charge on any atom is 0.165 e. The SMILES string of the molecule is C=C/C=C/C1CS[C@H](CC(=O)c2cc(N)cc(OC)c2)N1. The Morgan fingerprint density at radius 2 is 2.38 bits per heavy atom. The van der Waals surface area contributed by atoms with Gasteiger partial charge in [0.25, 0.3) is 0 Å². The first kappa shape index (κ1) is 15.7. The molecule has 1 aromatic carbocycles. The number of allylic oxidation sites excluding steroid dienone is 2. The molecule has 4 nitrogen and oxygen atoms in total. The predicted molar refractivity (Wildman–Crippen MR) is 88.9 cm³/mol. The lowest BCUT2D eigenvalue weighted by molar-refractivity contribution is 0.0979. The monoisotopic (exact) mass is 304 g/mol. The smallest absolute Gasteiger partial charge is 0.165 e. The fourth-order valence-corrected chi connectivity index (χ4v) is 3.37. The van der Waals surface area contributed by atoms with Gasteiger partial charge in [0, 0.05) is 35.5 Å². The van der Waals surface area contributed by atoms with E-state index in [1.54, 1.807) is 43.1 Å². The molecule has 1 fully saturated rings. The normalized spacial score (nSPS) is 21.6. The molecule has 0 aliphatic carbocycles. The third-order valence-corrected chi connectivity index (χ3v) is 4.47. The number of ketones is 1. The first-order valence-corrected chi connectivity index (χ1v) is 7.82. The molecule has 0 saturated carbocycles. The number of nitrogen functional groups attached to an aromatic ring is 1. The van der Waals surface area contributed by atoms with Gasteiger partial charge < -0.3 is 10.5 Å². The van der Waals surface area contributed by atoms with Crippen LogP contribution >= 0.6 is 11.8 Å². The summed E-state index contributed by atoms with van der Waals surface area (Å²) in [6.45, 7) is 3.65. The van der Waals surface area contributed by atoms with Crippen LogP contribution < -0.4 is 15.8 Å². The highest BCUT2D eigenvalue weighted by Crippen LogP contribution is 2.25. The van der Waals surface area contributed by atoms with E-state index in [1.807, 2.05) is 6.08 Å². The van der Waals surface area contributed by atoms with Crippen molar-refractivity contribution in [3.63, 3.8) is 0 Å². The van der Waals surface area contributed by atoms with Crippen molar-refractivity contribution >= 4 is 23.2 Å². The fourth-order valence-electron chi connectivity index (χ4n) is 2.18. The van der Waals surface area contributed by atoms with Crippen molar-refractivity contribution in [1.29, 1.82) is 0 Å². The lowest BCUT2D eigenvalue weighted by atomic mass is 10.1. The van der Waals surface area contributed by atoms with Crippen LogP contribution in [0.1, 0.15) is 16.8 Å². The zero-order chi connectivity index (χ0) is 15.2. The van der Waals surface area contributed by atoms with Gasteiger partial charge in [-0.25, -0.2) is 0 Å². The van der Waals surface area contributed by atoms with Crippen LogP contribution in [0.15, 0.2) is 43.0 Å². The molecule has 0 aromatic heterocycles. The van der Waals surface area contributed by atoms with Gasteiger partial charge in [0.15, 0.2) is 5.78 Å². The lowest BCUT2D eigenvalue weighted by Crippen LogP contribution is -2.29. The summed E-state index contributed by atoms with van der Waals surface area (Å²) in [6, 6.07) is 5.42. The average Bonchev–Trinajstić information content (AvgIpc) is 2.91. The number of hydrogen-bond donors (Lipinski definition) is 2. The number of Topliss-reactive ketones (excluding diaryl/α,β-unsaturated/α-hetero) is 1. The minimum atomic E-state index is 0.0685. The summed E-state index contributed by atoms with van der Waals surface area (Å²) in [6.07, 6.45) is 6.18. The molecule has 1 aromatic rings. The van der Waals surface area contributed by atoms with Crippen LogP contribution in [0.2, 0.25) is 0 Å². The summed E-state index contributed by atoms with van der Waals surface area (Å²) in [5.41, 5.74) is 6.92. The number of anilines is 1. The molecule has 0 spiro atoms. The van der Waals surface area contributed by atoms with Crippen LogP contribution in [0.3, 0.4) is 0 Å². The molecule has 2 rings (SSSR count). The van der Waals surface area contributed by atoms with Gasteiger partial charge in [0.1, 0.15) is 5.75 Å². The van der Waals surface area contributed by atoms with Crippen molar-refractivity contribution in [3.05, 3.63) is 48.6 Å². The lowest BCUT2D eigenvalue weighted by Gasteiger charge is -2.11. The minimum Gasteiger partial charge on any atom is -0.497 e. The van der Waals surface area contributed by atoms with E-state index in [1.165, 1.54) is 0 Å². The first-order valence-electron chi connectivity index (χ1n) is 6.77. The van der Waals surface area contributed by atoms with E-state index >= 15 is 0 Å². The molecule has 2 atom stereocenters. The molecule has 0 bridgehead atoms. The van der Waals surface area contributed by atoms with Crippen LogP contribution in [0, 0.1) is 0 Å². The molecule has 1 heterocycles. The van der Waals surface area contributed by atoms with Crippen LogP contribution in [-0.4, -0.2) is 30.1 Å². The highest BCUT2D eigenvalue weighted by atomic mass is 32.2. The van der Waals surface area contributed by atoms with Crippen molar-refractivity contribution in [1.82, 2.24) is 5.32 Å². The summed E-state index contributed by atoms with van der Waals surface area (Å²) in [5.74, 6) is 1.64. The van der Waals surface area contributed by atoms with Crippen molar-refractivity contribution in [3.8, 4) is 5.75 Å². The molecule has 21 heavy (non-hydrogen) atoms. The number of thioether (sulfide) groups is 1. The van der Waals surface area contributed by atoms with E-state index in [9.17, 15) is 4.79 Å². The second-order valence-corrected chi connectivity index (χ2v) is 6.07. The van der Waals surface area contributed by atoms with E-state index in [0.29, 0.717) is 29.5 Å². The van der Waals surface area contributed by atoms with Gasteiger partial charge in [0.2, 0.25) is 0 Å². The molecule has 112 valence electrons. The van der Waals surface area contributed by atoms with E-state index in [-0.39, 0.29) is 11.2 Å². The molecular weight excluding hydrogens is 284 g/mol. The fraction of sp³-hybridized carbons (Fsp3) is 0.312. The Bertz CT molecular complexity index is 557. The van der Waals surface area contributed by atoms with E-state index in [4.69, 9.17) is 10.5 Å². The summed E-state index contributed by atoms with van der Waals surface area (Å²) in [5, 5.41) is 3.54. The third-order valence-electron chi connectivity index (χ3n) is 3.21. The second kappa shape index (κ2) is 7.33. The Kier molecular flexibility index (Phi) is 5.47. The third kappa shape index (κ3) is 4.37. The topological polar surface area (TPSA) is 64.4 Å². The van der Waals surface area contributed by atoms with Crippen LogP contribution in [0.5, 0.6) is 5.75 Å². The summed E-state index contributed by atoms with van der Waals surface area (Å²) in [7, 11) is 1.56. The van der Waals surface area contributed by atoms with Gasteiger partial charge in [-0.2, -0.15) is 0 Å². The molecule has 5 heteroatoms. The van der Waals surface area contributed by atoms with Gasteiger partial charge in [-0.3, -0.25) is 10.1 Å². The van der Waals surface area contributed by atoms with Crippen molar-refractivity contribution < 1.29 is 9.53 Å². The van der Waals surface area contributed by atoms with E-state index in [0.717, 1.165) is 5.75 Å². The number of methoxy groups -OCH3 is 1. The zero-order valence-electron chi connectivity index (χ0n) is 12.0. The Labute approximate surface area is 129 Å². The molecular formula is C16H20N2O2S. The van der Waals surface area contributed by atoms with Crippen LogP contribution in [0.4, 0.5) is 5.69 Å². The Hall–Kier alpha value is -1.72. The van der Waals surface area contributed by atoms with Crippen molar-refractivity contribution in [2.75, 3.05) is 18.6 Å². The maximum absolute atomic E-state index is 12.3. The van der Waals surface area contributed by atoms with Crippen LogP contribution in [-0.2, 0) is 0 Å². The quantitative estimate of drug-likeness (QED) is 0.480. The summed E-state index contributed by atoms with van der Waals surface area (Å²) in [4.78, 5) is 12.3. The molecule has 0 radical (unpaired) electrons. The average molecular weight is 304 g/mol. The van der Waals surface area contributed by atoms with Crippen LogP contribution in [0.25, 0.3) is 0 Å². The van der Waals surface area contributed by atoms with E-state index < -0.39 is 0 Å². The molecule has 1 unspecified atom stereocenters. The number of carbonyl (C=O) groups is 1. The van der Waals surface area contributed by atoms with Gasteiger partial charge in [-0.15, -0.1) is 11.8 Å². The van der Waals surface area contributed by atoms with Gasteiger partial charge in [0.05, 0.1) is 12.5 Å². The first-order chi connectivity index (χ1) is 10.1. The van der Waals surface area contributed by atoms with Gasteiger partial charge in [-0.05, 0) is 12.1 Å². The van der Waals surface area contributed by atoms with Crippen molar-refractivity contribution in [2.45, 2.75) is 17.8 Å². The number of benzene rings is 1. The molecule has 1 aliphatic heterocycles. The highest BCUT2D eigenvalue weighted by Gasteiger charge is 2.25. The molecule has 1 saturated heterocycles. The number of nitrogens with two attached hydrogens (primary N) is 1. The Morgan fingerprint density at radius 1 is 1.57 bits per heavy atom. The Balaban J connectivity index is 1.97. The summed E-state index contributed by atoms with van der Waals surface area (Å²) >= 11 is 1.76. The molecule has 3 N–H and O–H groups in total. The van der Waals surface area contributed by atoms with Gasteiger partial charge in [-0.1, -0.05) is 24.8 Å². The molecule has 1 aliphatic rings. The standard InChI is InChI=1S/C16H20N2O2S/c1-3-4-5-13-10-21-16(18-13)9-15(19)11-6-12(17)8-14(7-11)20-2/h3-8,13,16,18H,1,9-10,17H2,2H3/b5-4+/t13?,16-/m1/s1. The number of nitrogens with one attached hydrogen (secondary N) is 1. The Morgan fingerprint density at radius 3 is 3.10 bits per heavy atom. The number of hydrogen-bond acceptors (Lipinski definition) is 5.